The number of ether oxygens (including phenoxy) is 2. The summed E-state index contributed by atoms with van der Waals surface area (Å²) in [4.78, 5) is 26.5. The van der Waals surface area contributed by atoms with Crippen molar-refractivity contribution in [3.05, 3.63) is 64.3 Å². The number of anilines is 1. The molecular weight excluding hydrogens is 467 g/mol. The molecule has 0 unspecified atom stereocenters. The molecule has 0 atom stereocenters. The van der Waals surface area contributed by atoms with Crippen LogP contribution in [0.5, 0.6) is 5.75 Å². The molecule has 1 aliphatic carbocycles. The summed E-state index contributed by atoms with van der Waals surface area (Å²) in [5.74, 6) is -0.0747. The lowest BCUT2D eigenvalue weighted by Gasteiger charge is -2.39. The lowest BCUT2D eigenvalue weighted by Crippen LogP contribution is -2.44. The Morgan fingerprint density at radius 1 is 1.26 bits per heavy atom. The summed E-state index contributed by atoms with van der Waals surface area (Å²) >= 11 is 1.49. The first kappa shape index (κ1) is 24.9. The van der Waals surface area contributed by atoms with E-state index in [4.69, 9.17) is 20.2 Å². The van der Waals surface area contributed by atoms with Gasteiger partial charge < -0.3 is 20.2 Å². The zero-order chi connectivity index (χ0) is 25.1. The van der Waals surface area contributed by atoms with Crippen molar-refractivity contribution in [2.45, 2.75) is 64.6 Å². The Morgan fingerprint density at radius 3 is 2.69 bits per heavy atom. The molecule has 0 amide bonds. The van der Waals surface area contributed by atoms with Gasteiger partial charge in [-0.25, -0.2) is 14.4 Å². The van der Waals surface area contributed by atoms with Crippen molar-refractivity contribution in [2.24, 2.45) is 10.4 Å². The second kappa shape index (κ2) is 10.2. The van der Waals surface area contributed by atoms with Crippen LogP contribution in [0.2, 0.25) is 0 Å². The quantitative estimate of drug-likeness (QED) is 0.354. The number of nitrogens with zero attached hydrogens (tertiary/aromatic N) is 2. The molecule has 186 valence electrons. The monoisotopic (exact) mass is 498 g/mol. The number of carbonyl (C=O) groups excluding carboxylic acids is 1. The van der Waals surface area contributed by atoms with Gasteiger partial charge in [0.25, 0.3) is 0 Å². The molecule has 2 aromatic heterocycles. The minimum absolute atomic E-state index is 0.0536. The molecule has 1 fully saturated rings. The smallest absolute Gasteiger partial charge is 0.312 e. The number of H-pyrrole nitrogens is 1. The highest BCUT2D eigenvalue weighted by Crippen LogP contribution is 2.42. The van der Waals surface area contributed by atoms with Crippen molar-refractivity contribution >= 4 is 28.8 Å². The minimum Gasteiger partial charge on any atom is -0.487 e. The standard InChI is InChI=1S/C26H31FN4O3S/c1-25(2,3)34-23(32)26(16-17-6-4-9-21(30-17)31-24-29-14-15-35-24)12-10-18(11-13-26)33-20-8-5-7-19(28)22(20)27/h4-9,14-15,18H,10-13,16,28H2,1-3H3,(H,29,30,31)/t18-,26-. The largest absolute Gasteiger partial charge is 0.487 e. The highest BCUT2D eigenvalue weighted by atomic mass is 32.1. The summed E-state index contributed by atoms with van der Waals surface area (Å²) in [6.07, 6.45) is 4.28. The molecule has 0 bridgehead atoms. The van der Waals surface area contributed by atoms with E-state index in [1.807, 2.05) is 50.5 Å². The van der Waals surface area contributed by atoms with E-state index in [2.05, 4.69) is 9.98 Å². The Bertz CT molecular complexity index is 1220. The van der Waals surface area contributed by atoms with E-state index >= 15 is 0 Å². The average Bonchev–Trinajstić information content (AvgIpc) is 3.30. The second-order valence-corrected chi connectivity index (χ2v) is 10.8. The topological polar surface area (TPSA) is 103 Å². The number of hydrogen-bond acceptors (Lipinski definition) is 7. The van der Waals surface area contributed by atoms with Gasteiger partial charge in [-0.3, -0.25) is 4.79 Å². The molecule has 1 aromatic carbocycles. The zero-order valence-corrected chi connectivity index (χ0v) is 21.0. The van der Waals surface area contributed by atoms with E-state index in [1.165, 1.54) is 17.4 Å². The molecule has 0 spiro atoms. The van der Waals surface area contributed by atoms with Gasteiger partial charge >= 0.3 is 5.97 Å². The van der Waals surface area contributed by atoms with Crippen molar-refractivity contribution in [1.29, 1.82) is 0 Å². The van der Waals surface area contributed by atoms with E-state index in [-0.39, 0.29) is 23.5 Å². The lowest BCUT2D eigenvalue weighted by molar-refractivity contribution is -0.171. The first-order chi connectivity index (χ1) is 16.6. The molecule has 9 heteroatoms. The van der Waals surface area contributed by atoms with Crippen LogP contribution in [0.3, 0.4) is 0 Å². The number of halogens is 1. The van der Waals surface area contributed by atoms with Crippen LogP contribution in [0.15, 0.2) is 53.0 Å². The maximum Gasteiger partial charge on any atom is 0.312 e. The van der Waals surface area contributed by atoms with Crippen molar-refractivity contribution in [3.8, 4) is 5.75 Å². The number of esters is 1. The molecule has 3 N–H and O–H groups in total. The van der Waals surface area contributed by atoms with Gasteiger partial charge in [0.2, 0.25) is 0 Å². The zero-order valence-electron chi connectivity index (χ0n) is 20.2. The van der Waals surface area contributed by atoms with Crippen LogP contribution in [0.4, 0.5) is 15.9 Å². The van der Waals surface area contributed by atoms with E-state index in [0.717, 1.165) is 10.5 Å². The number of thiazole rings is 1. The van der Waals surface area contributed by atoms with E-state index in [0.29, 0.717) is 37.9 Å². The Morgan fingerprint density at radius 2 is 2.00 bits per heavy atom. The highest BCUT2D eigenvalue weighted by molar-refractivity contribution is 7.07. The van der Waals surface area contributed by atoms with Gasteiger partial charge in [-0.15, -0.1) is 11.3 Å². The molecule has 0 aliphatic heterocycles. The third-order valence-electron chi connectivity index (χ3n) is 5.99. The van der Waals surface area contributed by atoms with Crippen molar-refractivity contribution in [3.63, 3.8) is 0 Å². The summed E-state index contributed by atoms with van der Waals surface area (Å²) in [5.41, 5.74) is 5.15. The number of nitrogens with one attached hydrogen (secondary N) is 1. The Hall–Kier alpha value is -3.20. The molecule has 4 rings (SSSR count). The van der Waals surface area contributed by atoms with Crippen LogP contribution < -0.4 is 15.3 Å². The summed E-state index contributed by atoms with van der Waals surface area (Å²) in [5, 5.41) is 1.91. The Kier molecular flexibility index (Phi) is 7.25. The van der Waals surface area contributed by atoms with Gasteiger partial charge in [0.15, 0.2) is 22.2 Å². The first-order valence-electron chi connectivity index (χ1n) is 11.7. The van der Waals surface area contributed by atoms with Gasteiger partial charge in [-0.2, -0.15) is 0 Å². The SMILES string of the molecule is CC(C)(C)OC(=O)[C@]1(Cc2cccc(/N=c3/[nH]ccs3)n2)CC[C@@H](Oc2cccc(N)c2F)CC1. The number of aromatic amines is 1. The van der Waals surface area contributed by atoms with E-state index < -0.39 is 16.8 Å². The number of pyridine rings is 1. The van der Waals surface area contributed by atoms with E-state index in [9.17, 15) is 9.18 Å². The molecule has 2 heterocycles. The summed E-state index contributed by atoms with van der Waals surface area (Å²) < 4.78 is 26.1. The predicted molar refractivity (Wildman–Crippen MR) is 134 cm³/mol. The van der Waals surface area contributed by atoms with Crippen molar-refractivity contribution in [2.75, 3.05) is 5.73 Å². The maximum atomic E-state index is 14.3. The number of carbonyl (C=O) groups is 1. The summed E-state index contributed by atoms with van der Waals surface area (Å²) in [6.45, 7) is 5.60. The van der Waals surface area contributed by atoms with E-state index in [1.54, 1.807) is 12.1 Å². The molecule has 1 aliphatic rings. The number of rotatable bonds is 6. The molecule has 35 heavy (non-hydrogen) atoms. The van der Waals surface area contributed by atoms with Crippen LogP contribution >= 0.6 is 11.3 Å². The van der Waals surface area contributed by atoms with Crippen LogP contribution in [0.25, 0.3) is 0 Å². The number of hydrogen-bond donors (Lipinski definition) is 2. The minimum atomic E-state index is -0.748. The molecule has 7 nitrogen and oxygen atoms in total. The normalized spacial score (nSPS) is 21.0. The average molecular weight is 499 g/mol. The molecule has 3 aromatic rings. The number of nitrogens with two attached hydrogens (primary N) is 1. The predicted octanol–water partition coefficient (Wildman–Crippen LogP) is 5.32. The number of aromatic nitrogens is 2. The summed E-state index contributed by atoms with van der Waals surface area (Å²) in [6, 6.07) is 10.4. The van der Waals surface area contributed by atoms with Gasteiger partial charge in [0, 0.05) is 23.7 Å². The maximum absolute atomic E-state index is 14.3. The third kappa shape index (κ3) is 6.28. The molecule has 0 saturated heterocycles. The molecular formula is C26H31FN4O3S. The Balaban J connectivity index is 1.54. The van der Waals surface area contributed by atoms with Crippen LogP contribution in [0.1, 0.15) is 52.1 Å². The second-order valence-electron chi connectivity index (χ2n) is 9.90. The van der Waals surface area contributed by atoms with Crippen LogP contribution in [0, 0.1) is 11.2 Å². The molecule has 0 radical (unpaired) electrons. The summed E-state index contributed by atoms with van der Waals surface area (Å²) in [7, 11) is 0. The van der Waals surface area contributed by atoms with Gasteiger partial charge in [-0.05, 0) is 70.7 Å². The molecule has 1 saturated carbocycles. The lowest BCUT2D eigenvalue weighted by atomic mass is 9.70. The van der Waals surface area contributed by atoms with Crippen molar-refractivity contribution < 1.29 is 18.7 Å². The highest BCUT2D eigenvalue weighted by Gasteiger charge is 2.45. The van der Waals surface area contributed by atoms with Gasteiger partial charge in [-0.1, -0.05) is 12.1 Å². The van der Waals surface area contributed by atoms with Crippen molar-refractivity contribution in [1.82, 2.24) is 9.97 Å². The Labute approximate surface area is 208 Å². The van der Waals surface area contributed by atoms with Crippen LogP contribution in [-0.2, 0) is 16.0 Å². The van der Waals surface area contributed by atoms with Gasteiger partial charge in [0.05, 0.1) is 17.2 Å². The fourth-order valence-corrected chi connectivity index (χ4v) is 4.82. The fraction of sp³-hybridized carbons (Fsp3) is 0.423. The fourth-order valence-electron chi connectivity index (χ4n) is 4.27. The van der Waals surface area contributed by atoms with Crippen LogP contribution in [-0.4, -0.2) is 27.6 Å². The number of nitrogen functional groups attached to an aromatic ring is 1. The van der Waals surface area contributed by atoms with Gasteiger partial charge in [0.1, 0.15) is 5.60 Å². The number of benzene rings is 1. The third-order valence-corrected chi connectivity index (χ3v) is 6.70. The first-order valence-corrected chi connectivity index (χ1v) is 12.6.